The Balaban J connectivity index is 2.71. The molecule has 0 saturated carbocycles. The highest BCUT2D eigenvalue weighted by atomic mass is 28.4. The molecule has 1 saturated heterocycles. The van der Waals surface area contributed by atoms with Gasteiger partial charge in [-0.25, -0.2) is 0 Å². The molecule has 1 rings (SSSR count). The van der Waals surface area contributed by atoms with Crippen molar-refractivity contribution in [1.82, 2.24) is 4.57 Å². The largest absolute Gasteiger partial charge is 0.514 e. The first-order valence-corrected chi connectivity index (χ1v) is 10.6. The summed E-state index contributed by atoms with van der Waals surface area (Å²) < 4.78 is 24.9. The van der Waals surface area contributed by atoms with Crippen LogP contribution in [0, 0.1) is 0 Å². The highest BCUT2D eigenvalue weighted by molar-refractivity contribution is 6.72. The molecule has 7 heteroatoms. The molecular formula is C10H25NO4Si2. The van der Waals surface area contributed by atoms with Crippen molar-refractivity contribution in [3.05, 3.63) is 0 Å². The van der Waals surface area contributed by atoms with Gasteiger partial charge >= 0.3 is 8.80 Å². The van der Waals surface area contributed by atoms with Gasteiger partial charge in [0.15, 0.2) is 0 Å². The normalized spacial score (nSPS) is 26.6. The van der Waals surface area contributed by atoms with Crippen molar-refractivity contribution in [1.29, 1.82) is 0 Å². The fourth-order valence-electron chi connectivity index (χ4n) is 2.39. The molecule has 1 unspecified atom stereocenters. The maximum atomic E-state index is 6.00. The van der Waals surface area contributed by atoms with E-state index in [9.17, 15) is 0 Å². The number of nitrogens with zero attached hydrogens (tertiary/aromatic N) is 1. The Bertz CT molecular complexity index is 232. The molecule has 0 bridgehead atoms. The second kappa shape index (κ2) is 6.41. The molecule has 1 heterocycles. The highest BCUT2D eigenvalue weighted by Crippen LogP contribution is 2.28. The van der Waals surface area contributed by atoms with E-state index in [2.05, 4.69) is 18.0 Å². The Hall–Kier alpha value is 0.234. The molecule has 0 aliphatic carbocycles. The van der Waals surface area contributed by atoms with Crippen LogP contribution in [0.1, 0.15) is 13.3 Å². The van der Waals surface area contributed by atoms with Crippen molar-refractivity contribution in [3.8, 4) is 0 Å². The molecule has 0 aromatic carbocycles. The topological polar surface area (TPSA) is 40.2 Å². The summed E-state index contributed by atoms with van der Waals surface area (Å²) in [4.78, 5) is 0. The zero-order valence-electron chi connectivity index (χ0n) is 11.6. The lowest BCUT2D eigenvalue weighted by molar-refractivity contribution is 0.111. The summed E-state index contributed by atoms with van der Waals surface area (Å²) in [6.45, 7) is 6.17. The summed E-state index contributed by atoms with van der Waals surface area (Å²) in [5.41, 5.74) is 0. The lowest BCUT2D eigenvalue weighted by Gasteiger charge is -2.36. The van der Waals surface area contributed by atoms with E-state index in [1.54, 1.807) is 21.3 Å². The van der Waals surface area contributed by atoms with E-state index in [1.807, 2.05) is 0 Å². The molecule has 1 aliphatic rings. The quantitative estimate of drug-likeness (QED) is 0.655. The van der Waals surface area contributed by atoms with Crippen molar-refractivity contribution in [2.75, 3.05) is 40.6 Å². The summed E-state index contributed by atoms with van der Waals surface area (Å²) in [5.74, 6) is 0. The fourth-order valence-corrected chi connectivity index (χ4v) is 8.53. The second-order valence-electron chi connectivity index (χ2n) is 4.43. The van der Waals surface area contributed by atoms with Crippen LogP contribution in [0.5, 0.6) is 0 Å². The van der Waals surface area contributed by atoms with Gasteiger partial charge in [0.05, 0.1) is 6.17 Å². The maximum absolute atomic E-state index is 6.00. The van der Waals surface area contributed by atoms with Crippen LogP contribution in [-0.2, 0) is 17.7 Å². The van der Waals surface area contributed by atoms with E-state index >= 15 is 0 Å². The van der Waals surface area contributed by atoms with Gasteiger partial charge < -0.3 is 17.7 Å². The molecule has 0 aromatic heterocycles. The molecule has 1 atom stereocenters. The van der Waals surface area contributed by atoms with Gasteiger partial charge in [-0.1, -0.05) is 0 Å². The molecule has 102 valence electrons. The lowest BCUT2D eigenvalue weighted by atomic mass is 10.5. The Kier molecular flexibility index (Phi) is 5.77. The van der Waals surface area contributed by atoms with Crippen LogP contribution in [0.25, 0.3) is 0 Å². The number of rotatable bonds is 7. The van der Waals surface area contributed by atoms with Crippen molar-refractivity contribution in [2.24, 2.45) is 0 Å². The van der Waals surface area contributed by atoms with Crippen molar-refractivity contribution in [3.63, 3.8) is 0 Å². The van der Waals surface area contributed by atoms with Crippen LogP contribution < -0.4 is 0 Å². The predicted molar refractivity (Wildman–Crippen MR) is 71.0 cm³/mol. The Labute approximate surface area is 107 Å². The monoisotopic (exact) mass is 279 g/mol. The third kappa shape index (κ3) is 3.37. The maximum Gasteiger partial charge on any atom is 0.514 e. The van der Waals surface area contributed by atoms with Gasteiger partial charge in [-0.15, -0.1) is 0 Å². The summed E-state index contributed by atoms with van der Waals surface area (Å²) in [6.07, 6.45) is 1.93. The molecule has 0 amide bonds. The van der Waals surface area contributed by atoms with Gasteiger partial charge in [-0.3, -0.25) is 4.57 Å². The van der Waals surface area contributed by atoms with Gasteiger partial charge in [0.25, 0.3) is 8.48 Å². The van der Waals surface area contributed by atoms with Crippen LogP contribution >= 0.6 is 0 Å². The predicted octanol–water partition coefficient (Wildman–Crippen LogP) is 1.22. The van der Waals surface area contributed by atoms with Gasteiger partial charge in [0.1, 0.15) is 0 Å². The first kappa shape index (κ1) is 15.3. The van der Waals surface area contributed by atoms with Crippen LogP contribution in [0.4, 0.5) is 0 Å². The Morgan fingerprint density at radius 2 is 1.76 bits per heavy atom. The van der Waals surface area contributed by atoms with Crippen molar-refractivity contribution < 1.29 is 17.7 Å². The van der Waals surface area contributed by atoms with Crippen molar-refractivity contribution >= 4 is 17.3 Å². The Morgan fingerprint density at radius 3 is 2.24 bits per heavy atom. The molecule has 0 spiro atoms. The summed E-state index contributed by atoms with van der Waals surface area (Å²) in [6, 6.07) is 1.18. The average Bonchev–Trinajstić information content (AvgIpc) is 2.68. The van der Waals surface area contributed by atoms with Gasteiger partial charge in [-0.2, -0.15) is 0 Å². The molecule has 1 fully saturated rings. The fraction of sp³-hybridized carbons (Fsp3) is 1.00. The molecule has 5 nitrogen and oxygen atoms in total. The second-order valence-corrected chi connectivity index (χ2v) is 11.1. The van der Waals surface area contributed by atoms with E-state index in [-0.39, 0.29) is 0 Å². The molecule has 0 radical (unpaired) electrons. The van der Waals surface area contributed by atoms with E-state index in [0.717, 1.165) is 19.3 Å². The third-order valence-corrected chi connectivity index (χ3v) is 10.4. The SMILES string of the molecule is CCO[Si]1(C)CCCN1C[Si](OC)(OC)OC. The standard InChI is InChI=1S/C10H25NO4Si2/c1-6-15-16(5)9-7-8-11(16)10-17(12-2,13-3)14-4/h6-10H2,1-5H3. The van der Waals surface area contributed by atoms with Gasteiger partial charge in [0.2, 0.25) is 0 Å². The van der Waals surface area contributed by atoms with Gasteiger partial charge in [0, 0.05) is 27.9 Å². The van der Waals surface area contributed by atoms with E-state index < -0.39 is 17.3 Å². The van der Waals surface area contributed by atoms with E-state index in [0.29, 0.717) is 0 Å². The summed E-state index contributed by atoms with van der Waals surface area (Å²) in [5, 5.41) is 0. The van der Waals surface area contributed by atoms with E-state index in [1.165, 1.54) is 12.5 Å². The molecule has 0 N–H and O–H groups in total. The first-order valence-electron chi connectivity index (χ1n) is 6.10. The number of hydrogen-bond acceptors (Lipinski definition) is 5. The average molecular weight is 279 g/mol. The summed E-state index contributed by atoms with van der Waals surface area (Å²) in [7, 11) is 0.719. The summed E-state index contributed by atoms with van der Waals surface area (Å²) >= 11 is 0. The van der Waals surface area contributed by atoms with Crippen LogP contribution in [0.15, 0.2) is 0 Å². The third-order valence-electron chi connectivity index (χ3n) is 3.51. The van der Waals surface area contributed by atoms with E-state index in [4.69, 9.17) is 17.7 Å². The lowest BCUT2D eigenvalue weighted by Crippen LogP contribution is -2.60. The minimum atomic E-state index is -2.52. The molecule has 0 aromatic rings. The smallest absolute Gasteiger partial charge is 0.403 e. The van der Waals surface area contributed by atoms with Crippen LogP contribution in [-0.4, -0.2) is 62.5 Å². The zero-order chi connectivity index (χ0) is 12.9. The van der Waals surface area contributed by atoms with Crippen LogP contribution in [0.3, 0.4) is 0 Å². The zero-order valence-corrected chi connectivity index (χ0v) is 13.6. The minimum absolute atomic E-state index is 0.735. The first-order chi connectivity index (χ1) is 8.05. The molecular weight excluding hydrogens is 254 g/mol. The van der Waals surface area contributed by atoms with Gasteiger partial charge in [-0.05, 0) is 32.5 Å². The Morgan fingerprint density at radius 1 is 1.18 bits per heavy atom. The van der Waals surface area contributed by atoms with Crippen LogP contribution in [0.2, 0.25) is 12.6 Å². The molecule has 1 aliphatic heterocycles. The molecule has 17 heavy (non-hydrogen) atoms. The van der Waals surface area contributed by atoms with Crippen molar-refractivity contribution in [2.45, 2.75) is 25.9 Å². The minimum Gasteiger partial charge on any atom is -0.403 e. The number of hydrogen-bond donors (Lipinski definition) is 0. The highest BCUT2D eigenvalue weighted by Gasteiger charge is 2.49.